The van der Waals surface area contributed by atoms with Gasteiger partial charge in [0.05, 0.1) is 31.5 Å². The Morgan fingerprint density at radius 2 is 2.19 bits per heavy atom. The summed E-state index contributed by atoms with van der Waals surface area (Å²) in [4.78, 5) is 22.6. The highest BCUT2D eigenvalue weighted by Crippen LogP contribution is 2.34. The fourth-order valence-corrected chi connectivity index (χ4v) is 3.36. The SMILES string of the molecule is CCOc1c(OCCN2CCCCC2C(N)=O)cnc2ccc(OC)nc12. The van der Waals surface area contributed by atoms with Crippen molar-refractivity contribution in [1.29, 1.82) is 0 Å². The summed E-state index contributed by atoms with van der Waals surface area (Å²) in [7, 11) is 1.57. The highest BCUT2D eigenvalue weighted by molar-refractivity contribution is 5.84. The number of primary amides is 1. The van der Waals surface area contributed by atoms with Crippen molar-refractivity contribution in [3.8, 4) is 17.4 Å². The second-order valence-electron chi connectivity index (χ2n) is 6.40. The largest absolute Gasteiger partial charge is 0.488 e. The second-order valence-corrected chi connectivity index (χ2v) is 6.40. The van der Waals surface area contributed by atoms with Gasteiger partial charge in [-0.3, -0.25) is 14.7 Å². The molecule has 2 aromatic heterocycles. The molecule has 2 aromatic rings. The quantitative estimate of drug-likeness (QED) is 0.751. The molecule has 3 heterocycles. The Morgan fingerprint density at radius 3 is 2.93 bits per heavy atom. The van der Waals surface area contributed by atoms with Gasteiger partial charge in [-0.2, -0.15) is 0 Å². The third-order valence-electron chi connectivity index (χ3n) is 4.68. The molecule has 27 heavy (non-hydrogen) atoms. The number of hydrogen-bond acceptors (Lipinski definition) is 7. The number of nitrogens with zero attached hydrogens (tertiary/aromatic N) is 3. The van der Waals surface area contributed by atoms with Gasteiger partial charge in [-0.05, 0) is 32.4 Å². The number of fused-ring (bicyclic) bond motifs is 1. The average molecular weight is 374 g/mol. The molecule has 0 aliphatic carbocycles. The Hall–Kier alpha value is -2.61. The number of aromatic nitrogens is 2. The Balaban J connectivity index is 1.75. The van der Waals surface area contributed by atoms with Crippen molar-refractivity contribution in [2.75, 3.05) is 33.4 Å². The molecule has 1 fully saturated rings. The van der Waals surface area contributed by atoms with E-state index in [1.165, 1.54) is 0 Å². The van der Waals surface area contributed by atoms with Crippen LogP contribution in [0.25, 0.3) is 11.0 Å². The lowest BCUT2D eigenvalue weighted by molar-refractivity contribution is -0.124. The van der Waals surface area contributed by atoms with E-state index in [1.54, 1.807) is 19.4 Å². The number of pyridine rings is 2. The van der Waals surface area contributed by atoms with Crippen molar-refractivity contribution in [2.45, 2.75) is 32.2 Å². The predicted octanol–water partition coefficient (Wildman–Crippen LogP) is 1.76. The highest BCUT2D eigenvalue weighted by atomic mass is 16.5. The first-order valence-corrected chi connectivity index (χ1v) is 9.26. The first-order valence-electron chi connectivity index (χ1n) is 9.26. The molecule has 8 nitrogen and oxygen atoms in total. The van der Waals surface area contributed by atoms with Crippen LogP contribution in [0.2, 0.25) is 0 Å². The first-order chi connectivity index (χ1) is 13.1. The molecule has 1 aliphatic rings. The Labute approximate surface area is 158 Å². The van der Waals surface area contributed by atoms with E-state index in [1.807, 2.05) is 13.0 Å². The number of piperidine rings is 1. The number of carbonyl (C=O) groups excluding carboxylic acids is 1. The lowest BCUT2D eigenvalue weighted by atomic mass is 10.0. The molecule has 1 aliphatic heterocycles. The van der Waals surface area contributed by atoms with Crippen LogP contribution < -0.4 is 19.9 Å². The zero-order valence-corrected chi connectivity index (χ0v) is 15.8. The number of carbonyl (C=O) groups is 1. The standard InChI is InChI=1S/C19H26N4O4/c1-3-26-18-15(12-21-13-7-8-16(25-2)22-17(13)18)27-11-10-23-9-5-4-6-14(23)19(20)24/h7-8,12,14H,3-6,9-11H2,1-2H3,(H2,20,24). The van der Waals surface area contributed by atoms with Gasteiger partial charge in [-0.1, -0.05) is 6.42 Å². The summed E-state index contributed by atoms with van der Waals surface area (Å²) in [5.74, 6) is 1.29. The molecule has 1 atom stereocenters. The number of likely N-dealkylation sites (tertiary alicyclic amines) is 1. The van der Waals surface area contributed by atoms with E-state index >= 15 is 0 Å². The summed E-state index contributed by atoms with van der Waals surface area (Å²) >= 11 is 0. The summed E-state index contributed by atoms with van der Waals surface area (Å²) in [6, 6.07) is 3.37. The van der Waals surface area contributed by atoms with Crippen LogP contribution >= 0.6 is 0 Å². The Bertz CT molecular complexity index is 799. The third kappa shape index (κ3) is 4.39. The fraction of sp³-hybridized carbons (Fsp3) is 0.526. The number of ether oxygens (including phenoxy) is 3. The van der Waals surface area contributed by atoms with Crippen LogP contribution in [0.3, 0.4) is 0 Å². The summed E-state index contributed by atoms with van der Waals surface area (Å²) in [6.45, 7) is 4.25. The molecule has 0 spiro atoms. The molecule has 0 aromatic carbocycles. The maximum absolute atomic E-state index is 11.6. The van der Waals surface area contributed by atoms with Gasteiger partial charge < -0.3 is 19.9 Å². The number of rotatable bonds is 8. The molecule has 0 saturated carbocycles. The summed E-state index contributed by atoms with van der Waals surface area (Å²) in [5, 5.41) is 0. The van der Waals surface area contributed by atoms with Gasteiger partial charge in [0.2, 0.25) is 11.8 Å². The molecule has 3 rings (SSSR count). The molecule has 2 N–H and O–H groups in total. The van der Waals surface area contributed by atoms with Crippen molar-refractivity contribution in [3.63, 3.8) is 0 Å². The topological polar surface area (TPSA) is 99.8 Å². The van der Waals surface area contributed by atoms with Gasteiger partial charge in [0.15, 0.2) is 11.5 Å². The van der Waals surface area contributed by atoms with Crippen LogP contribution in [0, 0.1) is 0 Å². The van der Waals surface area contributed by atoms with Crippen molar-refractivity contribution >= 4 is 16.9 Å². The number of amides is 1. The molecule has 1 amide bonds. The molecule has 1 saturated heterocycles. The van der Waals surface area contributed by atoms with E-state index in [-0.39, 0.29) is 11.9 Å². The number of methoxy groups -OCH3 is 1. The van der Waals surface area contributed by atoms with Gasteiger partial charge >= 0.3 is 0 Å². The zero-order chi connectivity index (χ0) is 19.2. The van der Waals surface area contributed by atoms with Gasteiger partial charge in [0.1, 0.15) is 12.1 Å². The minimum Gasteiger partial charge on any atom is -0.488 e. The van der Waals surface area contributed by atoms with Crippen LogP contribution in [0.4, 0.5) is 0 Å². The molecule has 0 radical (unpaired) electrons. The van der Waals surface area contributed by atoms with Crippen molar-refractivity contribution in [1.82, 2.24) is 14.9 Å². The highest BCUT2D eigenvalue weighted by Gasteiger charge is 2.26. The van der Waals surface area contributed by atoms with Crippen LogP contribution in [0.1, 0.15) is 26.2 Å². The maximum Gasteiger partial charge on any atom is 0.234 e. The fourth-order valence-electron chi connectivity index (χ4n) is 3.36. The summed E-state index contributed by atoms with van der Waals surface area (Å²) < 4.78 is 16.9. The van der Waals surface area contributed by atoms with Crippen LogP contribution in [-0.4, -0.2) is 60.2 Å². The first kappa shape index (κ1) is 19.2. The van der Waals surface area contributed by atoms with Crippen LogP contribution in [-0.2, 0) is 4.79 Å². The van der Waals surface area contributed by atoms with E-state index in [2.05, 4.69) is 14.9 Å². The predicted molar refractivity (Wildman–Crippen MR) is 101 cm³/mol. The zero-order valence-electron chi connectivity index (χ0n) is 15.8. The van der Waals surface area contributed by atoms with E-state index in [9.17, 15) is 4.79 Å². The Morgan fingerprint density at radius 1 is 1.33 bits per heavy atom. The molecule has 146 valence electrons. The van der Waals surface area contributed by atoms with Crippen LogP contribution in [0.15, 0.2) is 18.3 Å². The molecule has 0 bridgehead atoms. The van der Waals surface area contributed by atoms with Crippen molar-refractivity contribution in [3.05, 3.63) is 18.3 Å². The van der Waals surface area contributed by atoms with Gasteiger partial charge in [0, 0.05) is 12.6 Å². The van der Waals surface area contributed by atoms with Crippen molar-refractivity contribution in [2.24, 2.45) is 5.73 Å². The monoisotopic (exact) mass is 374 g/mol. The third-order valence-corrected chi connectivity index (χ3v) is 4.68. The van der Waals surface area contributed by atoms with Gasteiger partial charge in [-0.25, -0.2) is 4.98 Å². The molecule has 8 heteroatoms. The molecule has 1 unspecified atom stereocenters. The lowest BCUT2D eigenvalue weighted by Crippen LogP contribution is -2.48. The molecular formula is C19H26N4O4. The smallest absolute Gasteiger partial charge is 0.234 e. The maximum atomic E-state index is 11.6. The van der Waals surface area contributed by atoms with E-state index < -0.39 is 0 Å². The van der Waals surface area contributed by atoms with Gasteiger partial charge in [0.25, 0.3) is 0 Å². The minimum absolute atomic E-state index is 0.214. The normalized spacial score (nSPS) is 17.6. The average Bonchev–Trinajstić information content (AvgIpc) is 2.69. The summed E-state index contributed by atoms with van der Waals surface area (Å²) in [6.07, 6.45) is 4.54. The molecular weight excluding hydrogens is 348 g/mol. The summed E-state index contributed by atoms with van der Waals surface area (Å²) in [5.41, 5.74) is 6.83. The lowest BCUT2D eigenvalue weighted by Gasteiger charge is -2.33. The minimum atomic E-state index is -0.270. The Kier molecular flexibility index (Phi) is 6.28. The number of hydrogen-bond donors (Lipinski definition) is 1. The second kappa shape index (κ2) is 8.85. The van der Waals surface area contributed by atoms with Gasteiger partial charge in [-0.15, -0.1) is 0 Å². The van der Waals surface area contributed by atoms with Crippen LogP contribution in [0.5, 0.6) is 17.4 Å². The van der Waals surface area contributed by atoms with E-state index in [4.69, 9.17) is 19.9 Å². The number of nitrogens with two attached hydrogens (primary N) is 1. The van der Waals surface area contributed by atoms with E-state index in [0.29, 0.717) is 48.2 Å². The van der Waals surface area contributed by atoms with E-state index in [0.717, 1.165) is 25.8 Å². The van der Waals surface area contributed by atoms with Crippen molar-refractivity contribution < 1.29 is 19.0 Å².